The van der Waals surface area contributed by atoms with Crippen LogP contribution >= 0.6 is 0 Å². The van der Waals surface area contributed by atoms with E-state index in [2.05, 4.69) is 15.3 Å². The lowest BCUT2D eigenvalue weighted by atomic mass is 10.2. The number of nitrogens with one attached hydrogen (secondary N) is 1. The lowest BCUT2D eigenvalue weighted by molar-refractivity contribution is 0.0694. The summed E-state index contributed by atoms with van der Waals surface area (Å²) in [5.41, 5.74) is 6.70. The Morgan fingerprint density at radius 1 is 1.25 bits per heavy atom. The quantitative estimate of drug-likeness (QED) is 0.743. The van der Waals surface area contributed by atoms with Crippen molar-refractivity contribution in [3.8, 4) is 0 Å². The first kappa shape index (κ1) is 13.5. The smallest absolute Gasteiger partial charge is 0.339 e. The maximum absolute atomic E-state index is 11.0. The Bertz CT molecular complexity index is 640. The number of carbonyl (C=O) groups excluding carboxylic acids is 1. The molecule has 0 radical (unpaired) electrons. The predicted octanol–water partition coefficient (Wildman–Crippen LogP) is 0.886. The number of carbonyl (C=O) groups is 2. The summed E-state index contributed by atoms with van der Waals surface area (Å²) in [5.74, 6) is -1.58. The lowest BCUT2D eigenvalue weighted by Crippen LogP contribution is -2.11. The molecule has 0 aliphatic rings. The molecule has 7 nitrogen and oxygen atoms in total. The topological polar surface area (TPSA) is 118 Å². The molecule has 0 saturated heterocycles. The number of anilines is 1. The maximum Gasteiger partial charge on any atom is 0.339 e. The molecule has 1 amide bonds. The van der Waals surface area contributed by atoms with E-state index in [0.29, 0.717) is 11.3 Å². The van der Waals surface area contributed by atoms with Crippen LogP contribution in [0.3, 0.4) is 0 Å². The number of benzene rings is 1. The summed E-state index contributed by atoms with van der Waals surface area (Å²) >= 11 is 0. The van der Waals surface area contributed by atoms with Crippen LogP contribution in [0.25, 0.3) is 0 Å². The SMILES string of the molecule is NC(=O)c1ccc(NCc2ncncc2C(=O)O)cc1. The van der Waals surface area contributed by atoms with Crippen molar-refractivity contribution < 1.29 is 14.7 Å². The molecule has 4 N–H and O–H groups in total. The molecule has 1 aromatic heterocycles. The van der Waals surface area contributed by atoms with Crippen molar-refractivity contribution in [2.75, 3.05) is 5.32 Å². The van der Waals surface area contributed by atoms with Crippen LogP contribution in [0.2, 0.25) is 0 Å². The Labute approximate surface area is 114 Å². The number of primary amides is 1. The van der Waals surface area contributed by atoms with E-state index < -0.39 is 11.9 Å². The maximum atomic E-state index is 11.0. The third kappa shape index (κ3) is 3.08. The van der Waals surface area contributed by atoms with Gasteiger partial charge in [0, 0.05) is 17.4 Å². The molecule has 0 aliphatic heterocycles. The minimum absolute atomic E-state index is 0.0498. The molecule has 20 heavy (non-hydrogen) atoms. The summed E-state index contributed by atoms with van der Waals surface area (Å²) in [6.07, 6.45) is 2.54. The van der Waals surface area contributed by atoms with Crippen molar-refractivity contribution in [1.82, 2.24) is 9.97 Å². The number of hydrogen-bond donors (Lipinski definition) is 3. The number of aromatic carboxylic acids is 1. The molecule has 1 aromatic carbocycles. The fourth-order valence-electron chi connectivity index (χ4n) is 1.61. The normalized spacial score (nSPS) is 10.0. The highest BCUT2D eigenvalue weighted by atomic mass is 16.4. The van der Waals surface area contributed by atoms with Crippen molar-refractivity contribution in [3.05, 3.63) is 53.6 Å². The Balaban J connectivity index is 2.09. The van der Waals surface area contributed by atoms with Crippen LogP contribution < -0.4 is 11.1 Å². The Hall–Kier alpha value is -2.96. The first-order valence-electron chi connectivity index (χ1n) is 5.74. The second-order valence-electron chi connectivity index (χ2n) is 3.98. The van der Waals surface area contributed by atoms with Crippen molar-refractivity contribution in [2.45, 2.75) is 6.54 Å². The first-order chi connectivity index (χ1) is 9.58. The van der Waals surface area contributed by atoms with Gasteiger partial charge in [0.1, 0.15) is 11.9 Å². The monoisotopic (exact) mass is 272 g/mol. The number of carboxylic acids is 1. The molecule has 0 unspecified atom stereocenters. The standard InChI is InChI=1S/C13H12N4O3/c14-12(18)8-1-3-9(4-2-8)16-6-11-10(13(19)20)5-15-7-17-11/h1-5,7,16H,6H2,(H2,14,18)(H,19,20). The van der Waals surface area contributed by atoms with Crippen molar-refractivity contribution in [3.63, 3.8) is 0 Å². The van der Waals surface area contributed by atoms with Gasteiger partial charge in [0.05, 0.1) is 12.2 Å². The zero-order chi connectivity index (χ0) is 14.5. The number of nitrogens with two attached hydrogens (primary N) is 1. The van der Waals surface area contributed by atoms with Gasteiger partial charge < -0.3 is 16.2 Å². The zero-order valence-electron chi connectivity index (χ0n) is 10.4. The van der Waals surface area contributed by atoms with Crippen LogP contribution in [-0.2, 0) is 6.54 Å². The van der Waals surface area contributed by atoms with Crippen molar-refractivity contribution in [1.29, 1.82) is 0 Å². The Morgan fingerprint density at radius 3 is 2.55 bits per heavy atom. The van der Waals surface area contributed by atoms with Gasteiger partial charge >= 0.3 is 5.97 Å². The third-order valence-corrected chi connectivity index (χ3v) is 2.65. The van der Waals surface area contributed by atoms with Gasteiger partial charge in [0.25, 0.3) is 0 Å². The van der Waals surface area contributed by atoms with E-state index in [0.717, 1.165) is 5.69 Å². The number of amides is 1. The van der Waals surface area contributed by atoms with Gasteiger partial charge in [0.2, 0.25) is 5.91 Å². The lowest BCUT2D eigenvalue weighted by Gasteiger charge is -2.08. The van der Waals surface area contributed by atoms with Crippen LogP contribution in [0.4, 0.5) is 5.69 Å². The fourth-order valence-corrected chi connectivity index (χ4v) is 1.61. The number of rotatable bonds is 5. The minimum atomic E-state index is -1.08. The Kier molecular flexibility index (Phi) is 3.90. The van der Waals surface area contributed by atoms with Crippen LogP contribution in [0.1, 0.15) is 26.4 Å². The van der Waals surface area contributed by atoms with E-state index in [1.165, 1.54) is 12.5 Å². The molecule has 7 heteroatoms. The first-order valence-corrected chi connectivity index (χ1v) is 5.74. The summed E-state index contributed by atoms with van der Waals surface area (Å²) in [5, 5.41) is 12.0. The van der Waals surface area contributed by atoms with E-state index in [1.54, 1.807) is 24.3 Å². The van der Waals surface area contributed by atoms with Gasteiger partial charge in [-0.2, -0.15) is 0 Å². The van der Waals surface area contributed by atoms with Gasteiger partial charge in [-0.1, -0.05) is 0 Å². The number of nitrogens with zero attached hydrogens (tertiary/aromatic N) is 2. The van der Waals surface area contributed by atoms with Crippen molar-refractivity contribution >= 4 is 17.6 Å². The molecule has 1 heterocycles. The molecule has 0 bridgehead atoms. The summed E-state index contributed by atoms with van der Waals surface area (Å²) < 4.78 is 0. The van der Waals surface area contributed by atoms with Gasteiger partial charge in [-0.15, -0.1) is 0 Å². The molecule has 102 valence electrons. The molecule has 0 spiro atoms. The molecule has 0 atom stereocenters. The summed E-state index contributed by atoms with van der Waals surface area (Å²) in [7, 11) is 0. The molecule has 2 rings (SSSR count). The van der Waals surface area contributed by atoms with E-state index in [4.69, 9.17) is 10.8 Å². The second-order valence-corrected chi connectivity index (χ2v) is 3.98. The third-order valence-electron chi connectivity index (χ3n) is 2.65. The average Bonchev–Trinajstić information content (AvgIpc) is 2.45. The zero-order valence-corrected chi connectivity index (χ0v) is 10.4. The summed E-state index contributed by atoms with van der Waals surface area (Å²) in [6.45, 7) is 0.236. The highest BCUT2D eigenvalue weighted by Crippen LogP contribution is 2.12. The predicted molar refractivity (Wildman–Crippen MR) is 71.3 cm³/mol. The van der Waals surface area contributed by atoms with Gasteiger partial charge in [-0.25, -0.2) is 14.8 Å². The van der Waals surface area contributed by atoms with Gasteiger partial charge in [-0.05, 0) is 24.3 Å². The molecule has 0 aliphatic carbocycles. The van der Waals surface area contributed by atoms with E-state index >= 15 is 0 Å². The van der Waals surface area contributed by atoms with Crippen LogP contribution in [0, 0.1) is 0 Å². The number of aromatic nitrogens is 2. The largest absolute Gasteiger partial charge is 0.478 e. The van der Waals surface area contributed by atoms with Crippen molar-refractivity contribution in [2.24, 2.45) is 5.73 Å². The summed E-state index contributed by atoms with van der Waals surface area (Å²) in [6, 6.07) is 6.54. The fraction of sp³-hybridized carbons (Fsp3) is 0.0769. The molecular formula is C13H12N4O3. The second kappa shape index (κ2) is 5.79. The Morgan fingerprint density at radius 2 is 1.95 bits per heavy atom. The van der Waals surface area contributed by atoms with E-state index in [9.17, 15) is 9.59 Å². The van der Waals surface area contributed by atoms with Gasteiger partial charge in [-0.3, -0.25) is 4.79 Å². The summed E-state index contributed by atoms with van der Waals surface area (Å²) in [4.78, 5) is 29.5. The molecule has 0 fully saturated rings. The van der Waals surface area contributed by atoms with Crippen LogP contribution in [-0.4, -0.2) is 27.0 Å². The minimum Gasteiger partial charge on any atom is -0.478 e. The molecule has 0 saturated carbocycles. The average molecular weight is 272 g/mol. The number of carboxylic acid groups (broad SMARTS) is 1. The van der Waals surface area contributed by atoms with E-state index in [1.807, 2.05) is 0 Å². The van der Waals surface area contributed by atoms with Crippen LogP contribution in [0.15, 0.2) is 36.8 Å². The highest BCUT2D eigenvalue weighted by Gasteiger charge is 2.10. The number of hydrogen-bond acceptors (Lipinski definition) is 5. The van der Waals surface area contributed by atoms with E-state index in [-0.39, 0.29) is 12.1 Å². The molecular weight excluding hydrogens is 260 g/mol. The molecule has 2 aromatic rings. The highest BCUT2D eigenvalue weighted by molar-refractivity contribution is 5.93. The van der Waals surface area contributed by atoms with Crippen LogP contribution in [0.5, 0.6) is 0 Å². The van der Waals surface area contributed by atoms with Gasteiger partial charge in [0.15, 0.2) is 0 Å².